The van der Waals surface area contributed by atoms with Crippen LogP contribution in [0.5, 0.6) is 0 Å². The smallest absolute Gasteiger partial charge is 0.243 e. The standard InChI is InChI=1S/C15H23BrN2O2S/c1-2-11-18(12-14-5-3-4-10-17-14)21(19,20)15-8-6-13(16)7-9-15/h6-9,14,17H,2-5,10-12H2,1H3. The Bertz CT molecular complexity index is 539. The van der Waals surface area contributed by atoms with Gasteiger partial charge in [-0.2, -0.15) is 4.31 Å². The Morgan fingerprint density at radius 1 is 1.29 bits per heavy atom. The summed E-state index contributed by atoms with van der Waals surface area (Å²) in [5.41, 5.74) is 0. The molecule has 1 atom stereocenters. The molecular weight excluding hydrogens is 352 g/mol. The van der Waals surface area contributed by atoms with Crippen molar-refractivity contribution in [3.05, 3.63) is 28.7 Å². The van der Waals surface area contributed by atoms with Crippen LogP contribution in [0.4, 0.5) is 0 Å². The van der Waals surface area contributed by atoms with Gasteiger partial charge in [-0.15, -0.1) is 0 Å². The van der Waals surface area contributed by atoms with Crippen LogP contribution in [0.2, 0.25) is 0 Å². The van der Waals surface area contributed by atoms with Gasteiger partial charge >= 0.3 is 0 Å². The fraction of sp³-hybridized carbons (Fsp3) is 0.600. The van der Waals surface area contributed by atoms with Gasteiger partial charge in [-0.05, 0) is 50.1 Å². The topological polar surface area (TPSA) is 49.4 Å². The van der Waals surface area contributed by atoms with E-state index in [0.29, 0.717) is 18.0 Å². The van der Waals surface area contributed by atoms with E-state index in [1.54, 1.807) is 28.6 Å². The summed E-state index contributed by atoms with van der Waals surface area (Å²) in [6.45, 7) is 4.13. The molecule has 1 aliphatic rings. The van der Waals surface area contributed by atoms with Crippen molar-refractivity contribution in [2.24, 2.45) is 0 Å². The maximum atomic E-state index is 12.8. The highest BCUT2D eigenvalue weighted by Crippen LogP contribution is 2.20. The Hall–Kier alpha value is -0.430. The van der Waals surface area contributed by atoms with Gasteiger partial charge in [-0.3, -0.25) is 0 Å². The Kier molecular flexibility index (Phi) is 6.22. The highest BCUT2D eigenvalue weighted by atomic mass is 79.9. The SMILES string of the molecule is CCCN(CC1CCCCN1)S(=O)(=O)c1ccc(Br)cc1. The minimum Gasteiger partial charge on any atom is -0.313 e. The molecule has 0 saturated carbocycles. The van der Waals surface area contributed by atoms with E-state index in [-0.39, 0.29) is 6.04 Å². The number of sulfonamides is 1. The zero-order chi connectivity index (χ0) is 15.3. The Morgan fingerprint density at radius 2 is 2.00 bits per heavy atom. The van der Waals surface area contributed by atoms with Crippen LogP contribution in [0.3, 0.4) is 0 Å². The normalized spacial score (nSPS) is 19.9. The lowest BCUT2D eigenvalue weighted by molar-refractivity contribution is 0.312. The molecule has 118 valence electrons. The fourth-order valence-corrected chi connectivity index (χ4v) is 4.48. The first-order valence-corrected chi connectivity index (χ1v) is 9.76. The number of piperidine rings is 1. The van der Waals surface area contributed by atoms with Gasteiger partial charge in [0.2, 0.25) is 10.0 Å². The van der Waals surface area contributed by atoms with Gasteiger partial charge in [-0.25, -0.2) is 8.42 Å². The molecule has 1 heterocycles. The van der Waals surface area contributed by atoms with Crippen LogP contribution in [-0.2, 0) is 10.0 Å². The summed E-state index contributed by atoms with van der Waals surface area (Å²) in [6, 6.07) is 7.15. The maximum Gasteiger partial charge on any atom is 0.243 e. The van der Waals surface area contributed by atoms with Gasteiger partial charge in [0.25, 0.3) is 0 Å². The van der Waals surface area contributed by atoms with E-state index in [1.165, 1.54) is 12.8 Å². The fourth-order valence-electron chi connectivity index (χ4n) is 2.64. The predicted octanol–water partition coefficient (Wildman–Crippen LogP) is 2.99. The molecule has 0 spiro atoms. The van der Waals surface area contributed by atoms with Crippen LogP contribution in [0, 0.1) is 0 Å². The van der Waals surface area contributed by atoms with Crippen molar-refractivity contribution in [3.8, 4) is 0 Å². The van der Waals surface area contributed by atoms with Crippen molar-refractivity contribution in [2.75, 3.05) is 19.6 Å². The molecule has 0 amide bonds. The summed E-state index contributed by atoms with van der Waals surface area (Å²) in [5.74, 6) is 0. The number of halogens is 1. The van der Waals surface area contributed by atoms with Crippen molar-refractivity contribution in [1.29, 1.82) is 0 Å². The zero-order valence-electron chi connectivity index (χ0n) is 12.4. The largest absolute Gasteiger partial charge is 0.313 e. The van der Waals surface area contributed by atoms with E-state index in [1.807, 2.05) is 6.92 Å². The molecule has 2 rings (SSSR count). The van der Waals surface area contributed by atoms with Crippen molar-refractivity contribution in [1.82, 2.24) is 9.62 Å². The third kappa shape index (κ3) is 4.52. The van der Waals surface area contributed by atoms with E-state index in [0.717, 1.165) is 23.9 Å². The second-order valence-electron chi connectivity index (χ2n) is 5.46. The van der Waals surface area contributed by atoms with Crippen molar-refractivity contribution in [2.45, 2.75) is 43.5 Å². The van der Waals surface area contributed by atoms with Gasteiger partial charge in [-0.1, -0.05) is 29.3 Å². The van der Waals surface area contributed by atoms with Crippen molar-refractivity contribution >= 4 is 26.0 Å². The summed E-state index contributed by atoms with van der Waals surface area (Å²) in [5, 5.41) is 3.43. The van der Waals surface area contributed by atoms with Gasteiger partial charge in [0, 0.05) is 23.6 Å². The van der Waals surface area contributed by atoms with Crippen LogP contribution < -0.4 is 5.32 Å². The van der Waals surface area contributed by atoms with Gasteiger partial charge in [0.05, 0.1) is 4.90 Å². The van der Waals surface area contributed by atoms with Crippen molar-refractivity contribution < 1.29 is 8.42 Å². The number of benzene rings is 1. The molecular formula is C15H23BrN2O2S. The second kappa shape index (κ2) is 7.72. The van der Waals surface area contributed by atoms with Gasteiger partial charge < -0.3 is 5.32 Å². The van der Waals surface area contributed by atoms with E-state index in [2.05, 4.69) is 21.2 Å². The van der Waals surface area contributed by atoms with E-state index >= 15 is 0 Å². The molecule has 0 bridgehead atoms. The second-order valence-corrected chi connectivity index (χ2v) is 8.32. The molecule has 21 heavy (non-hydrogen) atoms. The van der Waals surface area contributed by atoms with Gasteiger partial charge in [0.15, 0.2) is 0 Å². The molecule has 1 fully saturated rings. The molecule has 1 unspecified atom stereocenters. The van der Waals surface area contributed by atoms with Crippen LogP contribution >= 0.6 is 15.9 Å². The van der Waals surface area contributed by atoms with E-state index in [9.17, 15) is 8.42 Å². The predicted molar refractivity (Wildman–Crippen MR) is 88.8 cm³/mol. The Morgan fingerprint density at radius 3 is 2.57 bits per heavy atom. The lowest BCUT2D eigenvalue weighted by Crippen LogP contribution is -2.46. The minimum absolute atomic E-state index is 0.274. The van der Waals surface area contributed by atoms with E-state index < -0.39 is 10.0 Å². The molecule has 0 aliphatic carbocycles. The molecule has 6 heteroatoms. The summed E-state index contributed by atoms with van der Waals surface area (Å²) >= 11 is 3.34. The molecule has 0 radical (unpaired) electrons. The Labute approximate surface area is 136 Å². The number of hydrogen-bond acceptors (Lipinski definition) is 3. The average Bonchev–Trinajstić information content (AvgIpc) is 2.48. The lowest BCUT2D eigenvalue weighted by atomic mass is 10.1. The molecule has 1 N–H and O–H groups in total. The molecule has 1 aromatic rings. The summed E-state index contributed by atoms with van der Waals surface area (Å²) in [7, 11) is -3.41. The number of rotatable bonds is 6. The summed E-state index contributed by atoms with van der Waals surface area (Å²) in [6.07, 6.45) is 4.23. The first-order chi connectivity index (χ1) is 10.0. The quantitative estimate of drug-likeness (QED) is 0.832. The first-order valence-electron chi connectivity index (χ1n) is 7.53. The number of nitrogens with zero attached hydrogens (tertiary/aromatic N) is 1. The number of nitrogens with one attached hydrogen (secondary N) is 1. The van der Waals surface area contributed by atoms with Gasteiger partial charge in [0.1, 0.15) is 0 Å². The van der Waals surface area contributed by atoms with Crippen LogP contribution in [0.25, 0.3) is 0 Å². The third-order valence-corrected chi connectivity index (χ3v) is 6.17. The molecule has 1 saturated heterocycles. The molecule has 1 aliphatic heterocycles. The van der Waals surface area contributed by atoms with E-state index in [4.69, 9.17) is 0 Å². The summed E-state index contributed by atoms with van der Waals surface area (Å²) < 4.78 is 28.1. The van der Waals surface area contributed by atoms with Crippen molar-refractivity contribution in [3.63, 3.8) is 0 Å². The Balaban J connectivity index is 2.16. The monoisotopic (exact) mass is 374 g/mol. The molecule has 4 nitrogen and oxygen atoms in total. The zero-order valence-corrected chi connectivity index (χ0v) is 14.8. The third-order valence-electron chi connectivity index (χ3n) is 3.76. The van der Waals surface area contributed by atoms with Crippen LogP contribution in [0.15, 0.2) is 33.6 Å². The highest BCUT2D eigenvalue weighted by Gasteiger charge is 2.27. The average molecular weight is 375 g/mol. The number of hydrogen-bond donors (Lipinski definition) is 1. The van der Waals surface area contributed by atoms with Crippen LogP contribution in [0.1, 0.15) is 32.6 Å². The molecule has 1 aromatic carbocycles. The maximum absolute atomic E-state index is 12.8. The summed E-state index contributed by atoms with van der Waals surface area (Å²) in [4.78, 5) is 0.370. The molecule has 0 aromatic heterocycles. The lowest BCUT2D eigenvalue weighted by Gasteiger charge is -2.30. The van der Waals surface area contributed by atoms with Crippen LogP contribution in [-0.4, -0.2) is 38.4 Å². The first kappa shape index (κ1) is 16.9. The highest BCUT2D eigenvalue weighted by molar-refractivity contribution is 9.10. The minimum atomic E-state index is -3.41.